The van der Waals surface area contributed by atoms with Crippen LogP contribution in [0.25, 0.3) is 0 Å². The van der Waals surface area contributed by atoms with Gasteiger partial charge >= 0.3 is 0 Å². The van der Waals surface area contributed by atoms with Crippen LogP contribution in [-0.2, 0) is 11.0 Å². The van der Waals surface area contributed by atoms with Crippen molar-refractivity contribution in [2.75, 3.05) is 0 Å². The third kappa shape index (κ3) is 5.40. The summed E-state index contributed by atoms with van der Waals surface area (Å²) in [6.45, 7) is 7.63. The molecule has 19 heavy (non-hydrogen) atoms. The monoisotopic (exact) mass is 342 g/mol. The van der Waals surface area contributed by atoms with E-state index in [1.807, 2.05) is 0 Å². The topological polar surface area (TPSA) is 9.23 Å². The lowest BCUT2D eigenvalue weighted by Gasteiger charge is -2.31. The molecule has 0 fully saturated rings. The highest BCUT2D eigenvalue weighted by atomic mass is 79.9. The SMILES string of the molecule is CCC[Si](CCC)(CCC)OCc1ccccc1Br. The molecule has 0 saturated carbocycles. The van der Waals surface area contributed by atoms with Gasteiger partial charge in [0.2, 0.25) is 0 Å². The Bertz CT molecular complexity index is 351. The third-order valence-corrected chi connectivity index (χ3v) is 9.37. The molecule has 0 radical (unpaired) electrons. The van der Waals surface area contributed by atoms with Gasteiger partial charge in [-0.25, -0.2) is 0 Å². The summed E-state index contributed by atoms with van der Waals surface area (Å²) < 4.78 is 7.70. The minimum atomic E-state index is -1.52. The van der Waals surface area contributed by atoms with Crippen molar-refractivity contribution in [3.8, 4) is 0 Å². The largest absolute Gasteiger partial charge is 0.412 e. The average molecular weight is 343 g/mol. The highest BCUT2D eigenvalue weighted by Gasteiger charge is 2.32. The van der Waals surface area contributed by atoms with Gasteiger partial charge in [0.1, 0.15) is 0 Å². The van der Waals surface area contributed by atoms with E-state index in [9.17, 15) is 0 Å². The summed E-state index contributed by atoms with van der Waals surface area (Å²) >= 11 is 3.62. The molecule has 0 amide bonds. The van der Waals surface area contributed by atoms with Gasteiger partial charge in [-0.05, 0) is 29.8 Å². The molecule has 0 unspecified atom stereocenters. The zero-order valence-electron chi connectivity index (χ0n) is 12.5. The van der Waals surface area contributed by atoms with Crippen LogP contribution in [0.2, 0.25) is 18.1 Å². The molecule has 1 nitrogen and oxygen atoms in total. The van der Waals surface area contributed by atoms with Gasteiger partial charge < -0.3 is 4.43 Å². The van der Waals surface area contributed by atoms with Crippen LogP contribution < -0.4 is 0 Å². The van der Waals surface area contributed by atoms with E-state index in [1.54, 1.807) is 0 Å². The molecule has 0 bridgehead atoms. The summed E-state index contributed by atoms with van der Waals surface area (Å²) in [5, 5.41) is 0. The number of halogens is 1. The minimum Gasteiger partial charge on any atom is -0.412 e. The van der Waals surface area contributed by atoms with Crippen LogP contribution in [0, 0.1) is 0 Å². The Morgan fingerprint density at radius 2 is 1.47 bits per heavy atom. The maximum atomic E-state index is 6.53. The van der Waals surface area contributed by atoms with Crippen LogP contribution in [-0.4, -0.2) is 8.32 Å². The summed E-state index contributed by atoms with van der Waals surface area (Å²) in [5.41, 5.74) is 1.28. The Morgan fingerprint density at radius 3 is 1.95 bits per heavy atom. The minimum absolute atomic E-state index is 0.771. The van der Waals surface area contributed by atoms with E-state index in [2.05, 4.69) is 61.0 Å². The van der Waals surface area contributed by atoms with Gasteiger partial charge in [-0.15, -0.1) is 0 Å². The second kappa shape index (κ2) is 8.93. The van der Waals surface area contributed by atoms with Crippen LogP contribution in [0.3, 0.4) is 0 Å². The lowest BCUT2D eigenvalue weighted by atomic mass is 10.2. The molecule has 0 aliphatic heterocycles. The smallest absolute Gasteiger partial charge is 0.193 e. The van der Waals surface area contributed by atoms with Crippen molar-refractivity contribution in [3.63, 3.8) is 0 Å². The van der Waals surface area contributed by atoms with E-state index in [-0.39, 0.29) is 0 Å². The molecule has 3 heteroatoms. The highest BCUT2D eigenvalue weighted by Crippen LogP contribution is 2.29. The standard InChI is InChI=1S/C16H27BrOSi/c1-4-11-19(12-5-2,13-6-3)18-14-15-9-7-8-10-16(15)17/h7-10H,4-6,11-14H2,1-3H3. The van der Waals surface area contributed by atoms with E-state index >= 15 is 0 Å². The second-order valence-corrected chi connectivity index (χ2v) is 10.3. The second-order valence-electron chi connectivity index (χ2n) is 5.31. The highest BCUT2D eigenvalue weighted by molar-refractivity contribution is 9.10. The maximum absolute atomic E-state index is 6.53. The van der Waals surface area contributed by atoms with Gasteiger partial charge in [0, 0.05) is 4.47 Å². The molecule has 0 saturated heterocycles. The third-order valence-electron chi connectivity index (χ3n) is 3.61. The fourth-order valence-corrected chi connectivity index (χ4v) is 7.58. The van der Waals surface area contributed by atoms with Crippen molar-refractivity contribution in [2.24, 2.45) is 0 Å². The Kier molecular flexibility index (Phi) is 7.96. The lowest BCUT2D eigenvalue weighted by molar-refractivity contribution is 0.282. The fourth-order valence-electron chi connectivity index (χ4n) is 2.80. The van der Waals surface area contributed by atoms with Crippen molar-refractivity contribution in [2.45, 2.75) is 64.8 Å². The van der Waals surface area contributed by atoms with E-state index in [1.165, 1.54) is 47.4 Å². The van der Waals surface area contributed by atoms with Crippen molar-refractivity contribution >= 4 is 24.2 Å². The first-order valence-corrected chi connectivity index (χ1v) is 10.9. The predicted octanol–water partition coefficient (Wildman–Crippen LogP) is 6.14. The van der Waals surface area contributed by atoms with E-state index in [0.29, 0.717) is 0 Å². The molecule has 1 aromatic carbocycles. The van der Waals surface area contributed by atoms with Gasteiger partial charge in [-0.3, -0.25) is 0 Å². The molecule has 1 rings (SSSR count). The summed E-state index contributed by atoms with van der Waals surface area (Å²) in [6, 6.07) is 12.3. The molecule has 0 N–H and O–H groups in total. The number of rotatable bonds is 9. The Morgan fingerprint density at radius 1 is 0.947 bits per heavy atom. The molecule has 108 valence electrons. The number of benzene rings is 1. The van der Waals surface area contributed by atoms with E-state index < -0.39 is 8.32 Å². The first kappa shape index (κ1) is 16.9. The number of hydrogen-bond donors (Lipinski definition) is 0. The lowest BCUT2D eigenvalue weighted by Crippen LogP contribution is -2.37. The maximum Gasteiger partial charge on any atom is 0.193 e. The fraction of sp³-hybridized carbons (Fsp3) is 0.625. The molecule has 1 aromatic rings. The van der Waals surface area contributed by atoms with Gasteiger partial charge in [0.15, 0.2) is 8.32 Å². The van der Waals surface area contributed by atoms with E-state index in [0.717, 1.165) is 6.61 Å². The zero-order valence-corrected chi connectivity index (χ0v) is 15.1. The van der Waals surface area contributed by atoms with Gasteiger partial charge in [-0.2, -0.15) is 0 Å². The van der Waals surface area contributed by atoms with Crippen LogP contribution in [0.5, 0.6) is 0 Å². The molecule has 0 heterocycles. The zero-order chi connectivity index (χ0) is 14.1. The molecular formula is C16H27BrOSi. The molecule has 0 spiro atoms. The van der Waals surface area contributed by atoms with Crippen molar-refractivity contribution < 1.29 is 4.43 Å². The predicted molar refractivity (Wildman–Crippen MR) is 90.0 cm³/mol. The van der Waals surface area contributed by atoms with Gasteiger partial charge in [0.05, 0.1) is 6.61 Å². The van der Waals surface area contributed by atoms with E-state index in [4.69, 9.17) is 4.43 Å². The first-order chi connectivity index (χ1) is 9.17. The van der Waals surface area contributed by atoms with Gasteiger partial charge in [-0.1, -0.05) is 74.2 Å². The molecule has 0 aliphatic carbocycles. The Labute approximate surface area is 128 Å². The summed E-state index contributed by atoms with van der Waals surface area (Å²) in [6.07, 6.45) is 3.76. The average Bonchev–Trinajstić information content (AvgIpc) is 2.39. The Hall–Kier alpha value is -0.123. The first-order valence-electron chi connectivity index (χ1n) is 7.54. The summed E-state index contributed by atoms with van der Waals surface area (Å²) in [5.74, 6) is 0. The normalized spacial score (nSPS) is 11.8. The quantitative estimate of drug-likeness (QED) is 0.489. The summed E-state index contributed by atoms with van der Waals surface area (Å²) in [7, 11) is -1.52. The van der Waals surface area contributed by atoms with Crippen LogP contribution in [0.1, 0.15) is 45.6 Å². The van der Waals surface area contributed by atoms with Crippen LogP contribution in [0.4, 0.5) is 0 Å². The summed E-state index contributed by atoms with van der Waals surface area (Å²) in [4.78, 5) is 0. The van der Waals surface area contributed by atoms with Crippen LogP contribution >= 0.6 is 15.9 Å². The number of hydrogen-bond acceptors (Lipinski definition) is 1. The van der Waals surface area contributed by atoms with Crippen molar-refractivity contribution in [3.05, 3.63) is 34.3 Å². The molecular weight excluding hydrogens is 316 g/mol. The van der Waals surface area contributed by atoms with Gasteiger partial charge in [0.25, 0.3) is 0 Å². The molecule has 0 aliphatic rings. The molecule has 0 aromatic heterocycles. The Balaban J connectivity index is 2.73. The van der Waals surface area contributed by atoms with Crippen LogP contribution in [0.15, 0.2) is 28.7 Å². The molecule has 0 atom stereocenters. The van der Waals surface area contributed by atoms with Crippen molar-refractivity contribution in [1.29, 1.82) is 0 Å². The van der Waals surface area contributed by atoms with Crippen molar-refractivity contribution in [1.82, 2.24) is 0 Å².